The monoisotopic (exact) mass is 331 g/mol. The van der Waals surface area contributed by atoms with Crippen molar-refractivity contribution in [2.45, 2.75) is 39.0 Å². The maximum atomic E-state index is 5.57. The number of methoxy groups -OCH3 is 2. The Labute approximate surface area is 142 Å². The molecule has 6 nitrogen and oxygen atoms in total. The van der Waals surface area contributed by atoms with Gasteiger partial charge >= 0.3 is 0 Å². The van der Waals surface area contributed by atoms with Crippen LogP contribution in [0.2, 0.25) is 0 Å². The first kappa shape index (κ1) is 16.9. The van der Waals surface area contributed by atoms with Crippen LogP contribution < -0.4 is 4.74 Å². The van der Waals surface area contributed by atoms with E-state index in [-0.39, 0.29) is 0 Å². The zero-order valence-corrected chi connectivity index (χ0v) is 14.6. The van der Waals surface area contributed by atoms with Crippen LogP contribution in [0, 0.1) is 5.92 Å². The molecule has 6 heteroatoms. The van der Waals surface area contributed by atoms with Gasteiger partial charge < -0.3 is 14.0 Å². The zero-order chi connectivity index (χ0) is 16.9. The van der Waals surface area contributed by atoms with Crippen molar-refractivity contribution >= 4 is 0 Å². The van der Waals surface area contributed by atoms with Gasteiger partial charge in [0, 0.05) is 25.3 Å². The van der Waals surface area contributed by atoms with Crippen LogP contribution >= 0.6 is 0 Å². The first-order valence-electron chi connectivity index (χ1n) is 8.38. The van der Waals surface area contributed by atoms with Crippen molar-refractivity contribution in [2.75, 3.05) is 20.8 Å². The third kappa shape index (κ3) is 3.76. The summed E-state index contributed by atoms with van der Waals surface area (Å²) in [6.07, 6.45) is 2.30. The van der Waals surface area contributed by atoms with Crippen molar-refractivity contribution in [1.29, 1.82) is 0 Å². The average molecular weight is 331 g/mol. The number of nitrogens with zero attached hydrogens (tertiary/aromatic N) is 3. The van der Waals surface area contributed by atoms with Gasteiger partial charge in [-0.2, -0.15) is 4.98 Å². The van der Waals surface area contributed by atoms with Crippen LogP contribution in [0.5, 0.6) is 5.75 Å². The molecule has 0 bridgehead atoms. The van der Waals surface area contributed by atoms with Crippen LogP contribution in [0.4, 0.5) is 0 Å². The summed E-state index contributed by atoms with van der Waals surface area (Å²) in [5.74, 6) is 2.81. The second-order valence-electron chi connectivity index (χ2n) is 6.41. The normalized spacial score (nSPS) is 21.8. The Bertz CT molecular complexity index is 658. The highest BCUT2D eigenvalue weighted by molar-refractivity contribution is 5.36. The van der Waals surface area contributed by atoms with Gasteiger partial charge in [-0.05, 0) is 24.8 Å². The van der Waals surface area contributed by atoms with Gasteiger partial charge in [-0.3, -0.25) is 4.90 Å². The average Bonchev–Trinajstić information content (AvgIpc) is 3.02. The molecule has 130 valence electrons. The van der Waals surface area contributed by atoms with Gasteiger partial charge in [-0.15, -0.1) is 0 Å². The quantitative estimate of drug-likeness (QED) is 0.810. The van der Waals surface area contributed by atoms with Gasteiger partial charge in [0.2, 0.25) is 5.89 Å². The summed E-state index contributed by atoms with van der Waals surface area (Å²) in [4.78, 5) is 6.83. The highest BCUT2D eigenvalue weighted by atomic mass is 16.5. The second-order valence-corrected chi connectivity index (χ2v) is 6.41. The van der Waals surface area contributed by atoms with Crippen molar-refractivity contribution < 1.29 is 14.0 Å². The fraction of sp³-hybridized carbons (Fsp3) is 0.556. The van der Waals surface area contributed by atoms with E-state index in [1.54, 1.807) is 14.2 Å². The predicted molar refractivity (Wildman–Crippen MR) is 89.6 cm³/mol. The lowest BCUT2D eigenvalue weighted by molar-refractivity contribution is 0.0916. The van der Waals surface area contributed by atoms with Crippen molar-refractivity contribution in [3.8, 4) is 5.75 Å². The van der Waals surface area contributed by atoms with Gasteiger partial charge in [0.25, 0.3) is 0 Å². The molecular formula is C18H25N3O3. The molecule has 1 aliphatic rings. The number of para-hydroxylation sites is 1. The number of benzene rings is 1. The molecule has 0 saturated carbocycles. The van der Waals surface area contributed by atoms with E-state index in [0.717, 1.165) is 18.7 Å². The van der Waals surface area contributed by atoms with E-state index in [1.807, 2.05) is 12.1 Å². The highest BCUT2D eigenvalue weighted by Gasteiger charge is 2.30. The maximum Gasteiger partial charge on any atom is 0.240 e. The van der Waals surface area contributed by atoms with Gasteiger partial charge in [0.05, 0.1) is 13.7 Å². The third-order valence-electron chi connectivity index (χ3n) is 4.54. The van der Waals surface area contributed by atoms with Crippen molar-refractivity contribution in [1.82, 2.24) is 15.0 Å². The zero-order valence-electron chi connectivity index (χ0n) is 14.6. The number of hydrogen-bond acceptors (Lipinski definition) is 6. The van der Waals surface area contributed by atoms with Crippen LogP contribution in [0.15, 0.2) is 28.8 Å². The molecule has 24 heavy (non-hydrogen) atoms. The number of ether oxygens (including phenoxy) is 2. The molecule has 0 amide bonds. The molecule has 1 aromatic heterocycles. The van der Waals surface area contributed by atoms with Gasteiger partial charge in [-0.25, -0.2) is 0 Å². The summed E-state index contributed by atoms with van der Waals surface area (Å²) in [5.41, 5.74) is 1.23. The van der Waals surface area contributed by atoms with Crippen molar-refractivity contribution in [2.24, 2.45) is 5.92 Å². The molecule has 0 spiro atoms. The molecule has 1 saturated heterocycles. The molecule has 1 aliphatic heterocycles. The molecule has 2 aromatic rings. The minimum absolute atomic E-state index is 0.301. The smallest absolute Gasteiger partial charge is 0.240 e. The summed E-state index contributed by atoms with van der Waals surface area (Å²) in [7, 11) is 3.35. The van der Waals surface area contributed by atoms with E-state index in [9.17, 15) is 0 Å². The number of aromatic nitrogens is 2. The van der Waals surface area contributed by atoms with E-state index in [2.05, 4.69) is 34.1 Å². The number of likely N-dealkylation sites (tertiary alicyclic amines) is 1. The second kappa shape index (κ2) is 7.77. The molecule has 2 heterocycles. The largest absolute Gasteiger partial charge is 0.496 e. The van der Waals surface area contributed by atoms with E-state index in [0.29, 0.717) is 36.8 Å². The van der Waals surface area contributed by atoms with Gasteiger partial charge in [0.1, 0.15) is 12.4 Å². The lowest BCUT2D eigenvalue weighted by atomic mass is 9.89. The Morgan fingerprint density at radius 1 is 1.25 bits per heavy atom. The van der Waals surface area contributed by atoms with Crippen molar-refractivity contribution in [3.05, 3.63) is 41.5 Å². The Morgan fingerprint density at radius 2 is 2.08 bits per heavy atom. The van der Waals surface area contributed by atoms with Crippen LogP contribution in [0.25, 0.3) is 0 Å². The SMILES string of the molecule is COCc1noc(CN2C[C@H](C)CC[C@@H]2c2ccccc2OC)n1. The number of rotatable bonds is 6. The van der Waals surface area contributed by atoms with E-state index in [1.165, 1.54) is 12.0 Å². The summed E-state index contributed by atoms with van der Waals surface area (Å²) in [5, 5.41) is 3.96. The maximum absolute atomic E-state index is 5.57. The minimum atomic E-state index is 0.301. The third-order valence-corrected chi connectivity index (χ3v) is 4.54. The lowest BCUT2D eigenvalue weighted by Gasteiger charge is -2.38. The number of hydrogen-bond donors (Lipinski definition) is 0. The molecule has 2 atom stereocenters. The minimum Gasteiger partial charge on any atom is -0.496 e. The Morgan fingerprint density at radius 3 is 2.88 bits per heavy atom. The fourth-order valence-corrected chi connectivity index (χ4v) is 3.43. The fourth-order valence-electron chi connectivity index (χ4n) is 3.43. The van der Waals surface area contributed by atoms with E-state index in [4.69, 9.17) is 14.0 Å². The predicted octanol–water partition coefficient (Wildman–Crippen LogP) is 3.20. The van der Waals surface area contributed by atoms with Crippen LogP contribution in [0.1, 0.15) is 43.1 Å². The Kier molecular flexibility index (Phi) is 5.48. The standard InChI is InChI=1S/C18H25N3O3/c1-13-8-9-15(14-6-4-5-7-16(14)23-3)21(10-13)11-18-19-17(12-22-2)20-24-18/h4-7,13,15H,8-12H2,1-3H3/t13-,15-/m1/s1. The number of piperidine rings is 1. The van der Waals surface area contributed by atoms with Crippen LogP contribution in [-0.2, 0) is 17.9 Å². The molecule has 3 rings (SSSR count). The van der Waals surface area contributed by atoms with E-state index < -0.39 is 0 Å². The molecule has 0 radical (unpaired) electrons. The summed E-state index contributed by atoms with van der Waals surface area (Å²) in [6.45, 7) is 4.31. The van der Waals surface area contributed by atoms with Crippen molar-refractivity contribution in [3.63, 3.8) is 0 Å². The highest BCUT2D eigenvalue weighted by Crippen LogP contribution is 2.38. The summed E-state index contributed by atoms with van der Waals surface area (Å²) >= 11 is 0. The molecule has 0 N–H and O–H groups in total. The lowest BCUT2D eigenvalue weighted by Crippen LogP contribution is -2.37. The Hall–Kier alpha value is -1.92. The van der Waals surface area contributed by atoms with Gasteiger partial charge in [0.15, 0.2) is 5.82 Å². The molecule has 0 aliphatic carbocycles. The summed E-state index contributed by atoms with van der Waals surface area (Å²) in [6, 6.07) is 8.55. The van der Waals surface area contributed by atoms with Crippen LogP contribution in [-0.4, -0.2) is 35.8 Å². The molecule has 1 fully saturated rings. The molecule has 0 unspecified atom stereocenters. The Balaban J connectivity index is 1.81. The van der Waals surface area contributed by atoms with E-state index >= 15 is 0 Å². The van der Waals surface area contributed by atoms with Crippen LogP contribution in [0.3, 0.4) is 0 Å². The van der Waals surface area contributed by atoms with Gasteiger partial charge in [-0.1, -0.05) is 30.3 Å². The summed E-state index contributed by atoms with van der Waals surface area (Å²) < 4.78 is 16.0. The first-order chi connectivity index (χ1) is 11.7. The molecular weight excluding hydrogens is 306 g/mol. The first-order valence-corrected chi connectivity index (χ1v) is 8.38. The molecule has 1 aromatic carbocycles. The topological polar surface area (TPSA) is 60.6 Å².